The number of benzene rings is 1. The van der Waals surface area contributed by atoms with Gasteiger partial charge in [-0.15, -0.1) is 0 Å². The highest BCUT2D eigenvalue weighted by molar-refractivity contribution is 5.96. The molecule has 4 nitrogen and oxygen atoms in total. The number of nitrogens with two attached hydrogens (primary N) is 2. The highest BCUT2D eigenvalue weighted by Gasteiger charge is 2.20. The van der Waals surface area contributed by atoms with E-state index in [1.807, 2.05) is 12.1 Å². The number of nitrogens with one attached hydrogen (secondary N) is 2. The molecule has 0 aromatic heterocycles. The minimum atomic E-state index is 0.132. The van der Waals surface area contributed by atoms with Crippen molar-refractivity contribution in [2.75, 3.05) is 6.54 Å². The molecular formula is C12H18N4. The summed E-state index contributed by atoms with van der Waals surface area (Å²) >= 11 is 0. The Balaban J connectivity index is 2.40. The molecule has 6 N–H and O–H groups in total. The predicted octanol–water partition coefficient (Wildman–Crippen LogP) is 0.854. The van der Waals surface area contributed by atoms with Crippen LogP contribution in [-0.4, -0.2) is 12.4 Å². The molecule has 16 heavy (non-hydrogen) atoms. The van der Waals surface area contributed by atoms with Crippen molar-refractivity contribution in [1.29, 1.82) is 5.41 Å². The van der Waals surface area contributed by atoms with Gasteiger partial charge in [0.05, 0.1) is 0 Å². The molecule has 1 heterocycles. The first kappa shape index (κ1) is 11.1. The molecule has 0 radical (unpaired) electrons. The maximum absolute atomic E-state index is 7.59. The first-order chi connectivity index (χ1) is 7.72. The van der Waals surface area contributed by atoms with E-state index in [4.69, 9.17) is 16.9 Å². The Morgan fingerprint density at radius 3 is 2.88 bits per heavy atom. The highest BCUT2D eigenvalue weighted by Crippen LogP contribution is 2.26. The molecule has 4 heteroatoms. The molecule has 1 unspecified atom stereocenters. The van der Waals surface area contributed by atoms with E-state index in [9.17, 15) is 0 Å². The van der Waals surface area contributed by atoms with Crippen LogP contribution < -0.4 is 16.8 Å². The summed E-state index contributed by atoms with van der Waals surface area (Å²) in [5.74, 6) is 0.132. The zero-order chi connectivity index (χ0) is 11.5. The van der Waals surface area contributed by atoms with Crippen molar-refractivity contribution in [3.8, 4) is 0 Å². The second-order valence-electron chi connectivity index (χ2n) is 4.19. The van der Waals surface area contributed by atoms with Gasteiger partial charge < -0.3 is 16.8 Å². The topological polar surface area (TPSA) is 87.9 Å². The summed E-state index contributed by atoms with van der Waals surface area (Å²) in [5.41, 5.74) is 14.3. The van der Waals surface area contributed by atoms with E-state index in [0.717, 1.165) is 29.7 Å². The third-order valence-electron chi connectivity index (χ3n) is 3.08. The van der Waals surface area contributed by atoms with Gasteiger partial charge in [-0.2, -0.15) is 0 Å². The van der Waals surface area contributed by atoms with Gasteiger partial charge in [0.25, 0.3) is 0 Å². The van der Waals surface area contributed by atoms with Crippen LogP contribution in [0.2, 0.25) is 0 Å². The van der Waals surface area contributed by atoms with E-state index in [1.165, 1.54) is 6.42 Å². The van der Waals surface area contributed by atoms with E-state index < -0.39 is 0 Å². The smallest absolute Gasteiger partial charge is 0.123 e. The molecule has 1 fully saturated rings. The minimum Gasteiger partial charge on any atom is -0.384 e. The minimum absolute atomic E-state index is 0.132. The number of hydrogen-bond acceptors (Lipinski definition) is 3. The number of rotatable bonds is 3. The van der Waals surface area contributed by atoms with Crippen molar-refractivity contribution in [1.82, 2.24) is 5.32 Å². The highest BCUT2D eigenvalue weighted by atomic mass is 14.9. The molecule has 86 valence electrons. The lowest BCUT2D eigenvalue weighted by Gasteiger charge is -2.16. The van der Waals surface area contributed by atoms with Crippen LogP contribution in [0.15, 0.2) is 18.2 Å². The number of amidine groups is 1. The van der Waals surface area contributed by atoms with Gasteiger partial charge in [-0.3, -0.25) is 5.41 Å². The lowest BCUT2D eigenvalue weighted by Crippen LogP contribution is -2.20. The summed E-state index contributed by atoms with van der Waals surface area (Å²) in [6.45, 7) is 1.56. The summed E-state index contributed by atoms with van der Waals surface area (Å²) in [6.07, 6.45) is 2.28. The second kappa shape index (κ2) is 4.63. The SMILES string of the molecule is N=C(N)c1ccc(CN)cc1C1CCCN1. The first-order valence-electron chi connectivity index (χ1n) is 5.63. The normalized spacial score (nSPS) is 19.9. The Morgan fingerprint density at radius 1 is 1.50 bits per heavy atom. The third-order valence-corrected chi connectivity index (χ3v) is 3.08. The fourth-order valence-electron chi connectivity index (χ4n) is 2.22. The van der Waals surface area contributed by atoms with E-state index in [0.29, 0.717) is 12.6 Å². The number of nitrogen functional groups attached to an aromatic ring is 1. The van der Waals surface area contributed by atoms with Gasteiger partial charge in [-0.25, -0.2) is 0 Å². The average Bonchev–Trinajstić information content (AvgIpc) is 2.81. The fraction of sp³-hybridized carbons (Fsp3) is 0.417. The van der Waals surface area contributed by atoms with E-state index in [-0.39, 0.29) is 5.84 Å². The van der Waals surface area contributed by atoms with Crippen molar-refractivity contribution in [2.45, 2.75) is 25.4 Å². The van der Waals surface area contributed by atoms with Crippen molar-refractivity contribution in [3.05, 3.63) is 34.9 Å². The lowest BCUT2D eigenvalue weighted by atomic mass is 9.96. The Morgan fingerprint density at radius 2 is 2.31 bits per heavy atom. The molecule has 1 saturated heterocycles. The van der Waals surface area contributed by atoms with Crippen molar-refractivity contribution >= 4 is 5.84 Å². The third kappa shape index (κ3) is 2.08. The first-order valence-corrected chi connectivity index (χ1v) is 5.63. The Kier molecular flexibility index (Phi) is 3.22. The molecular weight excluding hydrogens is 200 g/mol. The molecule has 0 bridgehead atoms. The maximum atomic E-state index is 7.59. The molecule has 0 saturated carbocycles. The monoisotopic (exact) mass is 218 g/mol. The summed E-state index contributed by atoms with van der Waals surface area (Å²) < 4.78 is 0. The van der Waals surface area contributed by atoms with Crippen LogP contribution in [-0.2, 0) is 6.54 Å². The lowest BCUT2D eigenvalue weighted by molar-refractivity contribution is 0.645. The molecule has 2 rings (SSSR count). The molecule has 0 spiro atoms. The zero-order valence-electron chi connectivity index (χ0n) is 9.29. The van der Waals surface area contributed by atoms with Gasteiger partial charge in [0.1, 0.15) is 5.84 Å². The Hall–Kier alpha value is -1.39. The largest absolute Gasteiger partial charge is 0.384 e. The van der Waals surface area contributed by atoms with E-state index >= 15 is 0 Å². The van der Waals surface area contributed by atoms with Crippen molar-refractivity contribution in [2.24, 2.45) is 11.5 Å². The van der Waals surface area contributed by atoms with Gasteiger partial charge in [-0.1, -0.05) is 18.2 Å². The van der Waals surface area contributed by atoms with Gasteiger partial charge in [-0.05, 0) is 30.5 Å². The van der Waals surface area contributed by atoms with E-state index in [1.54, 1.807) is 0 Å². The molecule has 1 aromatic rings. The summed E-state index contributed by atoms with van der Waals surface area (Å²) in [6, 6.07) is 6.24. The standard InChI is InChI=1S/C12H18N4/c13-7-8-3-4-9(12(14)15)10(6-8)11-2-1-5-16-11/h3-4,6,11,16H,1-2,5,7,13H2,(H3,14,15). The van der Waals surface area contributed by atoms with Crippen LogP contribution in [0.1, 0.15) is 35.6 Å². The fourth-order valence-corrected chi connectivity index (χ4v) is 2.22. The zero-order valence-corrected chi connectivity index (χ0v) is 9.29. The van der Waals surface area contributed by atoms with E-state index in [2.05, 4.69) is 11.4 Å². The Labute approximate surface area is 95.5 Å². The van der Waals surface area contributed by atoms with Crippen LogP contribution in [0, 0.1) is 5.41 Å². The quantitative estimate of drug-likeness (QED) is 0.448. The number of hydrogen-bond donors (Lipinski definition) is 4. The van der Waals surface area contributed by atoms with Crippen molar-refractivity contribution < 1.29 is 0 Å². The Bertz CT molecular complexity index is 394. The van der Waals surface area contributed by atoms with Crippen LogP contribution in [0.3, 0.4) is 0 Å². The summed E-state index contributed by atoms with van der Waals surface area (Å²) in [7, 11) is 0. The van der Waals surface area contributed by atoms with Crippen LogP contribution in [0.4, 0.5) is 0 Å². The van der Waals surface area contributed by atoms with Crippen molar-refractivity contribution in [3.63, 3.8) is 0 Å². The average molecular weight is 218 g/mol. The summed E-state index contributed by atoms with van der Waals surface area (Å²) in [5, 5.41) is 11.0. The van der Waals surface area contributed by atoms with Gasteiger partial charge in [0.15, 0.2) is 0 Å². The molecule has 1 atom stereocenters. The molecule has 1 aliphatic heterocycles. The van der Waals surface area contributed by atoms with Gasteiger partial charge in [0, 0.05) is 18.2 Å². The molecule has 0 amide bonds. The molecule has 1 aliphatic rings. The van der Waals surface area contributed by atoms with Crippen LogP contribution in [0.5, 0.6) is 0 Å². The predicted molar refractivity (Wildman–Crippen MR) is 65.3 cm³/mol. The molecule has 0 aliphatic carbocycles. The van der Waals surface area contributed by atoms with Crippen LogP contribution >= 0.6 is 0 Å². The molecule has 1 aromatic carbocycles. The maximum Gasteiger partial charge on any atom is 0.123 e. The van der Waals surface area contributed by atoms with Crippen LogP contribution in [0.25, 0.3) is 0 Å². The van der Waals surface area contributed by atoms with Gasteiger partial charge >= 0.3 is 0 Å². The van der Waals surface area contributed by atoms with Gasteiger partial charge in [0.2, 0.25) is 0 Å². The second-order valence-corrected chi connectivity index (χ2v) is 4.19. The summed E-state index contributed by atoms with van der Waals surface area (Å²) in [4.78, 5) is 0.